The Balaban J connectivity index is 1.92. The zero-order valence-corrected chi connectivity index (χ0v) is 13.7. The van der Waals surface area contributed by atoms with E-state index in [4.69, 9.17) is 9.62 Å². The van der Waals surface area contributed by atoms with Crippen LogP contribution in [0.2, 0.25) is 0 Å². The molecule has 1 atom stereocenters. The number of nitrogens with zero attached hydrogens (tertiary/aromatic N) is 1. The van der Waals surface area contributed by atoms with Gasteiger partial charge in [-0.1, -0.05) is 44.9 Å². The van der Waals surface area contributed by atoms with Crippen LogP contribution in [0.1, 0.15) is 87.0 Å². The van der Waals surface area contributed by atoms with Gasteiger partial charge in [-0.05, 0) is 12.3 Å². The van der Waals surface area contributed by atoms with Gasteiger partial charge >= 0.3 is 0 Å². The molecule has 1 aliphatic carbocycles. The summed E-state index contributed by atoms with van der Waals surface area (Å²) in [6.45, 7) is 1.43. The van der Waals surface area contributed by atoms with Gasteiger partial charge in [0, 0.05) is 19.3 Å². The molecular formula is C17H26N2O4. The summed E-state index contributed by atoms with van der Waals surface area (Å²) in [4.78, 5) is 27.0. The number of ketones is 1. The molecule has 128 valence electrons. The Morgan fingerprint density at radius 2 is 2.13 bits per heavy atom. The SMILES string of the molecule is CC(=O)c1coc([C@H](CCCC2CCCCC2)CC(=O)NO)n1. The minimum absolute atomic E-state index is 0.110. The summed E-state index contributed by atoms with van der Waals surface area (Å²) in [6, 6.07) is 0. The van der Waals surface area contributed by atoms with Crippen molar-refractivity contribution in [2.75, 3.05) is 0 Å². The van der Waals surface area contributed by atoms with Crippen molar-refractivity contribution in [2.45, 2.75) is 70.6 Å². The fraction of sp³-hybridized carbons (Fsp3) is 0.706. The topological polar surface area (TPSA) is 92.4 Å². The van der Waals surface area contributed by atoms with Gasteiger partial charge in [-0.15, -0.1) is 0 Å². The quantitative estimate of drug-likeness (QED) is 0.433. The van der Waals surface area contributed by atoms with Crippen LogP contribution in [0.5, 0.6) is 0 Å². The molecule has 0 aliphatic heterocycles. The third-order valence-corrected chi connectivity index (χ3v) is 4.68. The molecule has 0 saturated heterocycles. The molecule has 1 aliphatic rings. The average molecular weight is 322 g/mol. The zero-order chi connectivity index (χ0) is 16.7. The largest absolute Gasteiger partial charge is 0.448 e. The van der Waals surface area contributed by atoms with Crippen molar-refractivity contribution in [3.8, 4) is 0 Å². The van der Waals surface area contributed by atoms with Crippen LogP contribution in [-0.4, -0.2) is 21.9 Å². The monoisotopic (exact) mass is 322 g/mol. The summed E-state index contributed by atoms with van der Waals surface area (Å²) >= 11 is 0. The number of carbonyl (C=O) groups excluding carboxylic acids is 2. The minimum Gasteiger partial charge on any atom is -0.448 e. The van der Waals surface area contributed by atoms with E-state index in [2.05, 4.69) is 4.98 Å². The van der Waals surface area contributed by atoms with Crippen molar-refractivity contribution in [2.24, 2.45) is 5.92 Å². The van der Waals surface area contributed by atoms with Crippen LogP contribution in [-0.2, 0) is 4.79 Å². The second kappa shape index (κ2) is 8.82. The number of Topliss-reactive ketones (excluding diaryl/α,β-unsaturated/α-hetero) is 1. The molecule has 2 N–H and O–H groups in total. The third kappa shape index (κ3) is 5.46. The lowest BCUT2D eigenvalue weighted by molar-refractivity contribution is -0.129. The van der Waals surface area contributed by atoms with Crippen LogP contribution in [0.25, 0.3) is 0 Å². The molecule has 2 rings (SSSR count). The summed E-state index contributed by atoms with van der Waals surface area (Å²) in [7, 11) is 0. The molecular weight excluding hydrogens is 296 g/mol. The van der Waals surface area contributed by atoms with Gasteiger partial charge in [-0.2, -0.15) is 0 Å². The Morgan fingerprint density at radius 3 is 2.74 bits per heavy atom. The lowest BCUT2D eigenvalue weighted by Crippen LogP contribution is -2.21. The van der Waals surface area contributed by atoms with E-state index in [9.17, 15) is 9.59 Å². The maximum Gasteiger partial charge on any atom is 0.244 e. The first-order chi connectivity index (χ1) is 11.1. The maximum absolute atomic E-state index is 11.5. The molecule has 6 heteroatoms. The van der Waals surface area contributed by atoms with Crippen molar-refractivity contribution in [3.05, 3.63) is 17.8 Å². The van der Waals surface area contributed by atoms with Crippen LogP contribution in [0.3, 0.4) is 0 Å². The Kier molecular flexibility index (Phi) is 6.77. The second-order valence-corrected chi connectivity index (χ2v) is 6.50. The number of rotatable bonds is 8. The van der Waals surface area contributed by atoms with Gasteiger partial charge in [0.25, 0.3) is 0 Å². The number of hydrogen-bond donors (Lipinski definition) is 2. The molecule has 23 heavy (non-hydrogen) atoms. The van der Waals surface area contributed by atoms with Crippen LogP contribution in [0, 0.1) is 5.92 Å². The van der Waals surface area contributed by atoms with Crippen molar-refractivity contribution in [1.82, 2.24) is 10.5 Å². The molecule has 0 spiro atoms. The van der Waals surface area contributed by atoms with E-state index in [0.29, 0.717) is 5.89 Å². The number of aromatic nitrogens is 1. The van der Waals surface area contributed by atoms with E-state index in [1.165, 1.54) is 45.3 Å². The van der Waals surface area contributed by atoms with Crippen LogP contribution < -0.4 is 5.48 Å². The first-order valence-corrected chi connectivity index (χ1v) is 8.49. The van der Waals surface area contributed by atoms with Crippen molar-refractivity contribution < 1.29 is 19.2 Å². The zero-order valence-electron chi connectivity index (χ0n) is 13.7. The van der Waals surface area contributed by atoms with Gasteiger partial charge in [0.15, 0.2) is 11.7 Å². The number of oxazole rings is 1. The summed E-state index contributed by atoms with van der Waals surface area (Å²) in [5, 5.41) is 8.75. The van der Waals surface area contributed by atoms with E-state index >= 15 is 0 Å². The summed E-state index contributed by atoms with van der Waals surface area (Å²) in [6.07, 6.45) is 10.9. The molecule has 1 aromatic heterocycles. The van der Waals surface area contributed by atoms with E-state index in [1.807, 2.05) is 0 Å². The third-order valence-electron chi connectivity index (χ3n) is 4.68. The number of hydroxylamine groups is 1. The molecule has 0 aromatic carbocycles. The Morgan fingerprint density at radius 1 is 1.39 bits per heavy atom. The summed E-state index contributed by atoms with van der Waals surface area (Å²) in [5.74, 6) is 0.359. The standard InChI is InChI=1S/C17H26N2O4/c1-12(20)15-11-23-17(18-15)14(10-16(21)19-22)9-5-8-13-6-3-2-4-7-13/h11,13-14,22H,2-10H2,1H3,(H,19,21)/t14-/m1/s1. The molecule has 1 heterocycles. The molecule has 1 aromatic rings. The first kappa shape index (κ1) is 17.7. The number of carbonyl (C=O) groups is 2. The van der Waals surface area contributed by atoms with Gasteiger partial charge in [0.1, 0.15) is 12.0 Å². The van der Waals surface area contributed by atoms with Crippen molar-refractivity contribution in [3.63, 3.8) is 0 Å². The average Bonchev–Trinajstić information content (AvgIpc) is 3.05. The lowest BCUT2D eigenvalue weighted by Gasteiger charge is -2.22. The van der Waals surface area contributed by atoms with E-state index in [0.717, 1.165) is 25.2 Å². The highest BCUT2D eigenvalue weighted by molar-refractivity contribution is 5.91. The Labute approximate surface area is 136 Å². The van der Waals surface area contributed by atoms with Crippen molar-refractivity contribution >= 4 is 11.7 Å². The lowest BCUT2D eigenvalue weighted by atomic mass is 9.84. The molecule has 1 amide bonds. The first-order valence-electron chi connectivity index (χ1n) is 8.49. The highest BCUT2D eigenvalue weighted by Crippen LogP contribution is 2.31. The summed E-state index contributed by atoms with van der Waals surface area (Å²) < 4.78 is 5.38. The molecule has 0 radical (unpaired) electrons. The van der Waals surface area contributed by atoms with Gasteiger partial charge in [0.05, 0.1) is 0 Å². The van der Waals surface area contributed by atoms with E-state index in [-0.39, 0.29) is 23.8 Å². The molecule has 0 unspecified atom stereocenters. The molecule has 1 saturated carbocycles. The number of nitrogens with one attached hydrogen (secondary N) is 1. The summed E-state index contributed by atoms with van der Waals surface area (Å²) in [5.41, 5.74) is 1.94. The van der Waals surface area contributed by atoms with Gasteiger partial charge in [-0.25, -0.2) is 10.5 Å². The predicted molar refractivity (Wildman–Crippen MR) is 84.2 cm³/mol. The predicted octanol–water partition coefficient (Wildman–Crippen LogP) is 3.61. The molecule has 0 bridgehead atoms. The van der Waals surface area contributed by atoms with Gasteiger partial charge in [-0.3, -0.25) is 14.8 Å². The maximum atomic E-state index is 11.5. The van der Waals surface area contributed by atoms with E-state index in [1.54, 1.807) is 5.48 Å². The molecule has 6 nitrogen and oxygen atoms in total. The highest BCUT2D eigenvalue weighted by Gasteiger charge is 2.23. The van der Waals surface area contributed by atoms with Crippen LogP contribution in [0.15, 0.2) is 10.7 Å². The highest BCUT2D eigenvalue weighted by atomic mass is 16.5. The Hall–Kier alpha value is -1.69. The van der Waals surface area contributed by atoms with Crippen molar-refractivity contribution in [1.29, 1.82) is 0 Å². The van der Waals surface area contributed by atoms with Gasteiger partial charge in [0.2, 0.25) is 5.91 Å². The van der Waals surface area contributed by atoms with Crippen LogP contribution in [0.4, 0.5) is 0 Å². The fourth-order valence-corrected chi connectivity index (χ4v) is 3.35. The Bertz CT molecular complexity index is 520. The molecule has 1 fully saturated rings. The van der Waals surface area contributed by atoms with E-state index < -0.39 is 5.91 Å². The van der Waals surface area contributed by atoms with Gasteiger partial charge < -0.3 is 4.42 Å². The minimum atomic E-state index is -0.463. The number of amides is 1. The van der Waals surface area contributed by atoms with Crippen LogP contribution >= 0.6 is 0 Å². The smallest absolute Gasteiger partial charge is 0.244 e. The normalized spacial score (nSPS) is 17.0. The fourth-order valence-electron chi connectivity index (χ4n) is 3.35. The second-order valence-electron chi connectivity index (χ2n) is 6.50. The number of hydrogen-bond acceptors (Lipinski definition) is 5.